The van der Waals surface area contributed by atoms with Crippen molar-refractivity contribution in [1.29, 1.82) is 0 Å². The summed E-state index contributed by atoms with van der Waals surface area (Å²) >= 11 is 12.4. The summed E-state index contributed by atoms with van der Waals surface area (Å²) in [4.78, 5) is 32.4. The highest BCUT2D eigenvalue weighted by atomic mass is 35.5. The third kappa shape index (κ3) is 4.03. The van der Waals surface area contributed by atoms with Gasteiger partial charge in [-0.25, -0.2) is 0 Å². The maximum Gasteiger partial charge on any atom is 0.290 e. The second-order valence-electron chi connectivity index (χ2n) is 7.95. The molecular weight excluding hydrogens is 491 g/mol. The number of fused-ring (bicyclic) bond motifs is 1. The number of carbonyl (C=O) groups excluding carboxylic acids is 2. The highest BCUT2D eigenvalue weighted by molar-refractivity contribution is 6.42. The van der Waals surface area contributed by atoms with Gasteiger partial charge in [-0.05, 0) is 41.5 Å². The number of methoxy groups -OCH3 is 1. The molecule has 1 aliphatic heterocycles. The largest absolute Gasteiger partial charge is 0.503 e. The van der Waals surface area contributed by atoms with Crippen molar-refractivity contribution in [2.24, 2.45) is 0 Å². The van der Waals surface area contributed by atoms with E-state index in [0.29, 0.717) is 27.3 Å². The van der Waals surface area contributed by atoms with E-state index < -0.39 is 23.5 Å². The number of carbonyl (C=O) groups is 2. The van der Waals surface area contributed by atoms with Crippen molar-refractivity contribution >= 4 is 45.9 Å². The number of aromatic nitrogens is 1. The molecule has 1 aliphatic rings. The predicted molar refractivity (Wildman–Crippen MR) is 131 cm³/mol. The van der Waals surface area contributed by atoms with Crippen LogP contribution < -0.4 is 4.74 Å². The molecule has 0 fully saturated rings. The fraction of sp³-hybridized carbons (Fsp3) is 0.115. The first-order chi connectivity index (χ1) is 16.9. The van der Waals surface area contributed by atoms with Gasteiger partial charge in [0.2, 0.25) is 5.78 Å². The minimum absolute atomic E-state index is 0.0351. The molecular formula is C26H18Cl2N2O5. The number of benzene rings is 2. The molecule has 3 heterocycles. The van der Waals surface area contributed by atoms with E-state index in [-0.39, 0.29) is 22.9 Å². The summed E-state index contributed by atoms with van der Waals surface area (Å²) < 4.78 is 11.1. The molecule has 35 heavy (non-hydrogen) atoms. The van der Waals surface area contributed by atoms with Crippen LogP contribution in [-0.4, -0.2) is 33.8 Å². The zero-order valence-electron chi connectivity index (χ0n) is 18.4. The van der Waals surface area contributed by atoms with E-state index in [0.717, 1.165) is 5.56 Å². The van der Waals surface area contributed by atoms with Crippen LogP contribution in [-0.2, 0) is 11.3 Å². The van der Waals surface area contributed by atoms with Gasteiger partial charge in [0.05, 0.1) is 28.8 Å². The number of amides is 1. The Hall–Kier alpha value is -3.81. The highest BCUT2D eigenvalue weighted by Gasteiger charge is 2.44. The number of para-hydroxylation sites is 1. The number of aliphatic hydroxyl groups is 1. The van der Waals surface area contributed by atoms with Gasteiger partial charge in [-0.15, -0.1) is 0 Å². The molecule has 2 aromatic carbocycles. The van der Waals surface area contributed by atoms with E-state index in [1.807, 2.05) is 0 Å². The number of furan rings is 1. The summed E-state index contributed by atoms with van der Waals surface area (Å²) in [6.07, 6.45) is 3.23. The second kappa shape index (κ2) is 9.09. The van der Waals surface area contributed by atoms with Crippen LogP contribution in [0.2, 0.25) is 10.0 Å². The molecule has 0 saturated heterocycles. The van der Waals surface area contributed by atoms with E-state index in [1.54, 1.807) is 67.0 Å². The molecule has 0 radical (unpaired) electrons. The molecule has 0 saturated carbocycles. The van der Waals surface area contributed by atoms with E-state index in [2.05, 4.69) is 4.98 Å². The molecule has 4 aromatic rings. The molecule has 1 unspecified atom stereocenters. The number of pyridine rings is 1. The molecule has 7 nitrogen and oxygen atoms in total. The first-order valence-corrected chi connectivity index (χ1v) is 11.3. The lowest BCUT2D eigenvalue weighted by Crippen LogP contribution is -2.30. The van der Waals surface area contributed by atoms with Gasteiger partial charge in [0.1, 0.15) is 0 Å². The summed E-state index contributed by atoms with van der Waals surface area (Å²) in [6, 6.07) is 14.2. The third-order valence-corrected chi connectivity index (χ3v) is 6.57. The van der Waals surface area contributed by atoms with Crippen LogP contribution in [0, 0.1) is 0 Å². The Labute approximate surface area is 210 Å². The fourth-order valence-electron chi connectivity index (χ4n) is 4.21. The maximum atomic E-state index is 13.7. The number of hydrogen-bond donors (Lipinski definition) is 1. The molecule has 0 spiro atoms. The van der Waals surface area contributed by atoms with Crippen LogP contribution in [0.4, 0.5) is 0 Å². The van der Waals surface area contributed by atoms with Gasteiger partial charge in [0.15, 0.2) is 22.9 Å². The average Bonchev–Trinajstić information content (AvgIpc) is 3.41. The van der Waals surface area contributed by atoms with Crippen molar-refractivity contribution in [2.45, 2.75) is 12.6 Å². The van der Waals surface area contributed by atoms with E-state index >= 15 is 0 Å². The monoisotopic (exact) mass is 508 g/mol. The topological polar surface area (TPSA) is 92.9 Å². The number of halogens is 2. The van der Waals surface area contributed by atoms with Crippen molar-refractivity contribution in [2.75, 3.05) is 7.11 Å². The fourth-order valence-corrected chi connectivity index (χ4v) is 4.51. The average molecular weight is 509 g/mol. The van der Waals surface area contributed by atoms with Gasteiger partial charge in [-0.3, -0.25) is 14.6 Å². The van der Waals surface area contributed by atoms with E-state index in [9.17, 15) is 14.7 Å². The van der Waals surface area contributed by atoms with Gasteiger partial charge < -0.3 is 19.2 Å². The summed E-state index contributed by atoms with van der Waals surface area (Å²) in [6.45, 7) is 0.104. The van der Waals surface area contributed by atoms with Crippen LogP contribution in [0.1, 0.15) is 27.7 Å². The van der Waals surface area contributed by atoms with Crippen molar-refractivity contribution in [3.05, 3.63) is 105 Å². The second-order valence-corrected chi connectivity index (χ2v) is 8.77. The minimum Gasteiger partial charge on any atom is -0.503 e. The van der Waals surface area contributed by atoms with Crippen molar-refractivity contribution in [3.8, 4) is 5.75 Å². The van der Waals surface area contributed by atoms with Crippen molar-refractivity contribution in [3.63, 3.8) is 0 Å². The molecule has 1 N–H and O–H groups in total. The molecule has 1 atom stereocenters. The van der Waals surface area contributed by atoms with Crippen molar-refractivity contribution in [1.82, 2.24) is 9.88 Å². The molecule has 5 rings (SSSR count). The van der Waals surface area contributed by atoms with E-state index in [1.165, 1.54) is 12.0 Å². The number of hydrogen-bond acceptors (Lipinski definition) is 6. The molecule has 9 heteroatoms. The van der Waals surface area contributed by atoms with Gasteiger partial charge in [-0.1, -0.05) is 47.5 Å². The standard InChI is InChI=1S/C26H18Cl2N2O5/c1-34-19-6-2-5-16-11-20(35-25(16)19)23(31)21-22(15-7-8-17(27)18(28)10-15)30(26(33)24(21)32)13-14-4-3-9-29-12-14/h2-12,22,32H,13H2,1H3. The molecule has 0 bridgehead atoms. The van der Waals surface area contributed by atoms with E-state index in [4.69, 9.17) is 32.4 Å². The number of nitrogens with zero attached hydrogens (tertiary/aromatic N) is 2. The summed E-state index contributed by atoms with van der Waals surface area (Å²) in [5, 5.41) is 12.1. The Kier molecular flexibility index (Phi) is 5.96. The highest BCUT2D eigenvalue weighted by Crippen LogP contribution is 2.42. The molecule has 176 valence electrons. The Bertz CT molecular complexity index is 1500. The van der Waals surface area contributed by atoms with Crippen molar-refractivity contribution < 1.29 is 23.8 Å². The predicted octanol–water partition coefficient (Wildman–Crippen LogP) is 5.92. The summed E-state index contributed by atoms with van der Waals surface area (Å²) in [5.74, 6) is -1.54. The Morgan fingerprint density at radius 3 is 2.69 bits per heavy atom. The third-order valence-electron chi connectivity index (χ3n) is 5.84. The maximum absolute atomic E-state index is 13.7. The Morgan fingerprint density at radius 1 is 1.14 bits per heavy atom. The number of ether oxygens (including phenoxy) is 1. The first kappa shape index (κ1) is 23.0. The van der Waals surface area contributed by atoms with Crippen LogP contribution in [0.5, 0.6) is 5.75 Å². The SMILES string of the molecule is COc1cccc2cc(C(=O)C3=C(O)C(=O)N(Cc4cccnc4)C3c3ccc(Cl)c(Cl)c3)oc12. The lowest BCUT2D eigenvalue weighted by molar-refractivity contribution is -0.130. The van der Waals surface area contributed by atoms with Crippen LogP contribution in [0.3, 0.4) is 0 Å². The Morgan fingerprint density at radius 2 is 1.97 bits per heavy atom. The molecule has 0 aliphatic carbocycles. The molecule has 2 aromatic heterocycles. The molecule has 1 amide bonds. The number of Topliss-reactive ketones (excluding diaryl/α,β-unsaturated/α-hetero) is 1. The number of aliphatic hydroxyl groups excluding tert-OH is 1. The Balaban J connectivity index is 1.62. The van der Waals surface area contributed by atoms with Gasteiger partial charge in [-0.2, -0.15) is 0 Å². The van der Waals surface area contributed by atoms with Gasteiger partial charge >= 0.3 is 0 Å². The number of rotatable bonds is 6. The zero-order chi connectivity index (χ0) is 24.7. The lowest BCUT2D eigenvalue weighted by Gasteiger charge is -2.27. The number of ketones is 1. The van der Waals surface area contributed by atoms with Gasteiger partial charge in [0.25, 0.3) is 5.91 Å². The smallest absolute Gasteiger partial charge is 0.290 e. The lowest BCUT2D eigenvalue weighted by atomic mass is 9.95. The van der Waals surface area contributed by atoms with Crippen LogP contribution in [0.25, 0.3) is 11.0 Å². The summed E-state index contributed by atoms with van der Waals surface area (Å²) in [5.41, 5.74) is 1.51. The van der Waals surface area contributed by atoms with Crippen LogP contribution in [0.15, 0.2) is 82.7 Å². The van der Waals surface area contributed by atoms with Crippen LogP contribution >= 0.6 is 23.2 Å². The van der Waals surface area contributed by atoms with Gasteiger partial charge in [0, 0.05) is 24.3 Å². The first-order valence-electron chi connectivity index (χ1n) is 10.6. The summed E-state index contributed by atoms with van der Waals surface area (Å²) in [7, 11) is 1.50. The minimum atomic E-state index is -0.930. The normalized spacial score (nSPS) is 15.8. The quantitative estimate of drug-likeness (QED) is 0.325. The zero-order valence-corrected chi connectivity index (χ0v) is 19.9.